The second kappa shape index (κ2) is 7.53. The first-order valence-electron chi connectivity index (χ1n) is 7.91. The van der Waals surface area contributed by atoms with Crippen LogP contribution in [0.4, 0.5) is 5.69 Å². The minimum atomic E-state index is -0.0711. The zero-order valence-electron chi connectivity index (χ0n) is 13.5. The molecule has 0 saturated heterocycles. The van der Waals surface area contributed by atoms with Crippen molar-refractivity contribution in [3.05, 3.63) is 54.1 Å². The highest BCUT2D eigenvalue weighted by Gasteiger charge is 2.21. The summed E-state index contributed by atoms with van der Waals surface area (Å²) in [4.78, 5) is 27.0. The highest BCUT2D eigenvalue weighted by Crippen LogP contribution is 2.33. The van der Waals surface area contributed by atoms with E-state index in [-0.39, 0.29) is 18.3 Å². The van der Waals surface area contributed by atoms with E-state index in [2.05, 4.69) is 0 Å². The topological polar surface area (TPSA) is 46.6 Å². The number of amides is 1. The van der Waals surface area contributed by atoms with Crippen molar-refractivity contribution in [2.45, 2.75) is 18.2 Å². The van der Waals surface area contributed by atoms with Crippen LogP contribution in [0.1, 0.15) is 23.7 Å². The van der Waals surface area contributed by atoms with Crippen molar-refractivity contribution in [2.75, 3.05) is 23.8 Å². The van der Waals surface area contributed by atoms with Gasteiger partial charge in [-0.15, -0.1) is 11.8 Å². The summed E-state index contributed by atoms with van der Waals surface area (Å²) in [5, 5.41) is 0. The van der Waals surface area contributed by atoms with Crippen LogP contribution in [-0.2, 0) is 4.79 Å². The molecule has 5 heteroatoms. The maximum Gasteiger partial charge on any atom is 0.264 e. The highest BCUT2D eigenvalue weighted by atomic mass is 32.2. The van der Waals surface area contributed by atoms with Gasteiger partial charge in [0.25, 0.3) is 5.91 Å². The lowest BCUT2D eigenvalue weighted by Crippen LogP contribution is -2.35. The number of hydrogen-bond acceptors (Lipinski definition) is 4. The van der Waals surface area contributed by atoms with Gasteiger partial charge < -0.3 is 9.64 Å². The van der Waals surface area contributed by atoms with Crippen molar-refractivity contribution in [3.63, 3.8) is 0 Å². The van der Waals surface area contributed by atoms with E-state index in [9.17, 15) is 9.59 Å². The Morgan fingerprint density at radius 3 is 2.83 bits per heavy atom. The number of carbonyl (C=O) groups excluding carboxylic acids is 2. The predicted molar refractivity (Wildman–Crippen MR) is 96.1 cm³/mol. The van der Waals surface area contributed by atoms with E-state index in [0.717, 1.165) is 22.8 Å². The van der Waals surface area contributed by atoms with E-state index in [0.29, 0.717) is 17.9 Å². The fourth-order valence-corrected chi connectivity index (χ4v) is 3.61. The molecule has 0 atom stereocenters. The fourth-order valence-electron chi connectivity index (χ4n) is 2.61. The number of ketones is 1. The Morgan fingerprint density at radius 1 is 1.17 bits per heavy atom. The molecule has 0 fully saturated rings. The van der Waals surface area contributed by atoms with Crippen LogP contribution in [0.15, 0.2) is 53.4 Å². The quantitative estimate of drug-likeness (QED) is 0.794. The zero-order valence-corrected chi connectivity index (χ0v) is 14.3. The van der Waals surface area contributed by atoms with Gasteiger partial charge in [-0.3, -0.25) is 9.59 Å². The van der Waals surface area contributed by atoms with Crippen LogP contribution in [0.2, 0.25) is 0 Å². The summed E-state index contributed by atoms with van der Waals surface area (Å²) in [7, 11) is 0. The molecule has 0 aromatic heterocycles. The van der Waals surface area contributed by atoms with Gasteiger partial charge in [0.05, 0.1) is 5.69 Å². The highest BCUT2D eigenvalue weighted by molar-refractivity contribution is 7.99. The number of ether oxygens (including phenoxy) is 1. The second-order valence-electron chi connectivity index (χ2n) is 5.59. The molecular formula is C19H19NO3S. The number of rotatable bonds is 4. The Hall–Kier alpha value is -2.27. The normalized spacial score (nSPS) is 13.8. The number of hydrogen-bond donors (Lipinski definition) is 0. The molecule has 4 nitrogen and oxygen atoms in total. The van der Waals surface area contributed by atoms with Gasteiger partial charge >= 0.3 is 0 Å². The van der Waals surface area contributed by atoms with Crippen LogP contribution >= 0.6 is 11.8 Å². The molecule has 0 N–H and O–H groups in total. The molecule has 2 aromatic carbocycles. The van der Waals surface area contributed by atoms with Crippen molar-refractivity contribution in [1.29, 1.82) is 0 Å². The van der Waals surface area contributed by atoms with E-state index >= 15 is 0 Å². The summed E-state index contributed by atoms with van der Waals surface area (Å²) in [5.41, 5.74) is 1.53. The first kappa shape index (κ1) is 16.6. The number of fused-ring (bicyclic) bond motifs is 1. The first-order valence-corrected chi connectivity index (χ1v) is 8.90. The third-order valence-corrected chi connectivity index (χ3v) is 4.99. The SMILES string of the molecule is CC(=O)c1cccc(OCC(=O)N2CCCSc3ccccc32)c1. The molecule has 0 radical (unpaired) electrons. The summed E-state index contributed by atoms with van der Waals surface area (Å²) >= 11 is 1.78. The predicted octanol–water partition coefficient (Wildman–Crippen LogP) is 3.80. The molecule has 1 heterocycles. The number of thioether (sulfide) groups is 1. The maximum atomic E-state index is 12.6. The minimum Gasteiger partial charge on any atom is -0.484 e. The van der Waals surface area contributed by atoms with Gasteiger partial charge in [-0.25, -0.2) is 0 Å². The second-order valence-corrected chi connectivity index (χ2v) is 6.72. The Kier molecular flexibility index (Phi) is 5.20. The van der Waals surface area contributed by atoms with Crippen LogP contribution < -0.4 is 9.64 Å². The van der Waals surface area contributed by atoms with E-state index in [4.69, 9.17) is 4.74 Å². The smallest absolute Gasteiger partial charge is 0.264 e. The lowest BCUT2D eigenvalue weighted by atomic mass is 10.1. The van der Waals surface area contributed by atoms with Gasteiger partial charge in [-0.2, -0.15) is 0 Å². The largest absolute Gasteiger partial charge is 0.484 e. The van der Waals surface area contributed by atoms with E-state index < -0.39 is 0 Å². The number of Topliss-reactive ketones (excluding diaryl/α,β-unsaturated/α-hetero) is 1. The summed E-state index contributed by atoms with van der Waals surface area (Å²) in [6, 6.07) is 14.9. The molecule has 0 saturated carbocycles. The maximum absolute atomic E-state index is 12.6. The molecule has 0 bridgehead atoms. The third kappa shape index (κ3) is 3.79. The monoisotopic (exact) mass is 341 g/mol. The summed E-state index contributed by atoms with van der Waals surface area (Å²) < 4.78 is 5.62. The molecule has 0 aliphatic carbocycles. The Bertz CT molecular complexity index is 760. The fraction of sp³-hybridized carbons (Fsp3) is 0.263. The Morgan fingerprint density at radius 2 is 2.00 bits per heavy atom. The number of carbonyl (C=O) groups is 2. The zero-order chi connectivity index (χ0) is 16.9. The Balaban J connectivity index is 1.71. The molecule has 0 spiro atoms. The van der Waals surface area contributed by atoms with Crippen molar-refractivity contribution in [3.8, 4) is 5.75 Å². The van der Waals surface area contributed by atoms with Crippen molar-refractivity contribution in [1.82, 2.24) is 0 Å². The summed E-state index contributed by atoms with van der Waals surface area (Å²) in [5.74, 6) is 1.44. The molecule has 1 aliphatic rings. The average molecular weight is 341 g/mol. The molecule has 0 unspecified atom stereocenters. The van der Waals surface area contributed by atoms with Gasteiger partial charge in [0.2, 0.25) is 0 Å². The van der Waals surface area contributed by atoms with Gasteiger partial charge in [0.15, 0.2) is 12.4 Å². The van der Waals surface area contributed by atoms with Gasteiger partial charge in [-0.1, -0.05) is 24.3 Å². The van der Waals surface area contributed by atoms with Crippen LogP contribution in [0.25, 0.3) is 0 Å². The van der Waals surface area contributed by atoms with E-state index in [1.54, 1.807) is 40.9 Å². The number of para-hydroxylation sites is 1. The number of benzene rings is 2. The molecule has 24 heavy (non-hydrogen) atoms. The van der Waals surface area contributed by atoms with Crippen LogP contribution in [0, 0.1) is 0 Å². The summed E-state index contributed by atoms with van der Waals surface area (Å²) in [6.07, 6.45) is 0.949. The molecule has 124 valence electrons. The van der Waals surface area contributed by atoms with Crippen molar-refractivity contribution in [2.24, 2.45) is 0 Å². The lowest BCUT2D eigenvalue weighted by Gasteiger charge is -2.22. The van der Waals surface area contributed by atoms with Crippen molar-refractivity contribution < 1.29 is 14.3 Å². The van der Waals surface area contributed by atoms with E-state index in [1.807, 2.05) is 24.3 Å². The molecule has 3 rings (SSSR count). The molecule has 2 aromatic rings. The Labute approximate surface area is 145 Å². The summed E-state index contributed by atoms with van der Waals surface area (Å²) in [6.45, 7) is 2.16. The van der Waals surface area contributed by atoms with E-state index in [1.165, 1.54) is 6.92 Å². The van der Waals surface area contributed by atoms with Crippen molar-refractivity contribution >= 4 is 29.1 Å². The number of nitrogens with zero attached hydrogens (tertiary/aromatic N) is 1. The average Bonchev–Trinajstić information content (AvgIpc) is 2.82. The lowest BCUT2D eigenvalue weighted by molar-refractivity contribution is -0.120. The molecular weight excluding hydrogens is 322 g/mol. The first-order chi connectivity index (χ1) is 11.6. The van der Waals surface area contributed by atoms with Gasteiger partial charge in [0.1, 0.15) is 5.75 Å². The standard InChI is InChI=1S/C19H19NO3S/c1-14(21)15-6-4-7-16(12-15)23-13-19(22)20-10-5-11-24-18-9-3-2-8-17(18)20/h2-4,6-9,12H,5,10-11,13H2,1H3. The molecule has 1 aliphatic heterocycles. The van der Waals surface area contributed by atoms with Gasteiger partial charge in [-0.05, 0) is 43.4 Å². The van der Waals surface area contributed by atoms with Crippen LogP contribution in [-0.4, -0.2) is 30.6 Å². The van der Waals surface area contributed by atoms with Crippen LogP contribution in [0.3, 0.4) is 0 Å². The molecule has 1 amide bonds. The minimum absolute atomic E-state index is 0.0229. The third-order valence-electron chi connectivity index (χ3n) is 3.84. The number of anilines is 1. The van der Waals surface area contributed by atoms with Crippen LogP contribution in [0.5, 0.6) is 5.75 Å². The van der Waals surface area contributed by atoms with Gasteiger partial charge in [0, 0.05) is 17.0 Å².